The fourth-order valence-corrected chi connectivity index (χ4v) is 2.55. The first-order valence-corrected chi connectivity index (χ1v) is 6.44. The predicted octanol–water partition coefficient (Wildman–Crippen LogP) is 1.96. The second kappa shape index (κ2) is 4.81. The van der Waals surface area contributed by atoms with Gasteiger partial charge in [0, 0.05) is 6.42 Å². The van der Waals surface area contributed by atoms with Crippen LogP contribution in [-0.4, -0.2) is 11.9 Å². The molecule has 1 aliphatic rings. The van der Waals surface area contributed by atoms with Crippen LogP contribution in [0.4, 0.5) is 4.79 Å². The van der Waals surface area contributed by atoms with Gasteiger partial charge in [-0.15, -0.1) is 0 Å². The summed E-state index contributed by atoms with van der Waals surface area (Å²) in [4.78, 5) is 23.9. The second-order valence-electron chi connectivity index (χ2n) is 4.84. The minimum Gasteiger partial charge on any atom is -0.319 e. The highest BCUT2D eigenvalue weighted by molar-refractivity contribution is 6.07. The quantitative estimate of drug-likeness (QED) is 0.834. The molecule has 4 heteroatoms. The first-order chi connectivity index (χ1) is 9.71. The molecule has 0 aliphatic carbocycles. The van der Waals surface area contributed by atoms with Gasteiger partial charge in [0.25, 0.3) is 5.91 Å². The highest BCUT2D eigenvalue weighted by Gasteiger charge is 2.47. The minimum atomic E-state index is -1.03. The van der Waals surface area contributed by atoms with Crippen molar-refractivity contribution in [2.45, 2.75) is 12.0 Å². The van der Waals surface area contributed by atoms with Crippen molar-refractivity contribution in [3.63, 3.8) is 0 Å². The van der Waals surface area contributed by atoms with Crippen LogP contribution in [0.3, 0.4) is 0 Å². The minimum absolute atomic E-state index is 0.308. The van der Waals surface area contributed by atoms with Gasteiger partial charge in [-0.05, 0) is 11.1 Å². The lowest BCUT2D eigenvalue weighted by atomic mass is 9.84. The Kier molecular flexibility index (Phi) is 2.99. The van der Waals surface area contributed by atoms with Crippen LogP contribution in [0.2, 0.25) is 0 Å². The summed E-state index contributed by atoms with van der Waals surface area (Å²) in [7, 11) is 0. The number of hydrogen-bond donors (Lipinski definition) is 2. The Labute approximate surface area is 116 Å². The van der Waals surface area contributed by atoms with Gasteiger partial charge in [-0.2, -0.15) is 0 Å². The number of nitrogens with one attached hydrogen (secondary N) is 2. The molecule has 0 radical (unpaired) electrons. The summed E-state index contributed by atoms with van der Waals surface area (Å²) >= 11 is 0. The number of benzene rings is 2. The van der Waals surface area contributed by atoms with E-state index in [0.717, 1.165) is 11.1 Å². The van der Waals surface area contributed by atoms with E-state index in [0.29, 0.717) is 6.42 Å². The van der Waals surface area contributed by atoms with Gasteiger partial charge in [0.1, 0.15) is 0 Å². The fraction of sp³-hybridized carbons (Fsp3) is 0.125. The Hall–Kier alpha value is -2.62. The van der Waals surface area contributed by atoms with Crippen molar-refractivity contribution in [2.24, 2.45) is 0 Å². The predicted molar refractivity (Wildman–Crippen MR) is 74.9 cm³/mol. The van der Waals surface area contributed by atoms with Crippen molar-refractivity contribution < 1.29 is 9.59 Å². The molecule has 0 bridgehead atoms. The van der Waals surface area contributed by atoms with Crippen LogP contribution in [0.15, 0.2) is 60.7 Å². The zero-order valence-electron chi connectivity index (χ0n) is 10.8. The molecule has 0 spiro atoms. The smallest absolute Gasteiger partial charge is 0.319 e. The van der Waals surface area contributed by atoms with E-state index in [1.807, 2.05) is 60.7 Å². The number of urea groups is 1. The molecule has 20 heavy (non-hydrogen) atoms. The standard InChI is InChI=1S/C16H14N2O2/c19-14-16(18-15(20)17-14,13-9-5-2-6-10-13)11-12-7-3-1-4-8-12/h1-10H,11H2,(H2,17,18,19,20)/t16-/m1/s1. The normalized spacial score (nSPS) is 21.4. The molecule has 1 saturated heterocycles. The fourth-order valence-electron chi connectivity index (χ4n) is 2.55. The molecule has 1 atom stereocenters. The molecule has 1 fully saturated rings. The maximum atomic E-state index is 12.3. The van der Waals surface area contributed by atoms with Crippen molar-refractivity contribution in [3.8, 4) is 0 Å². The average Bonchev–Trinajstić information content (AvgIpc) is 2.76. The summed E-state index contributed by atoms with van der Waals surface area (Å²) < 4.78 is 0. The van der Waals surface area contributed by atoms with Gasteiger partial charge in [0.15, 0.2) is 5.54 Å². The van der Waals surface area contributed by atoms with E-state index in [9.17, 15) is 9.59 Å². The zero-order valence-corrected chi connectivity index (χ0v) is 10.8. The molecular formula is C16H14N2O2. The Bertz CT molecular complexity index is 640. The van der Waals surface area contributed by atoms with E-state index >= 15 is 0 Å². The molecule has 0 saturated carbocycles. The third-order valence-corrected chi connectivity index (χ3v) is 3.52. The molecule has 0 aromatic heterocycles. The third-order valence-electron chi connectivity index (χ3n) is 3.52. The lowest BCUT2D eigenvalue weighted by Crippen LogP contribution is -2.45. The maximum absolute atomic E-state index is 12.3. The molecule has 1 heterocycles. The topological polar surface area (TPSA) is 58.2 Å². The molecule has 1 aliphatic heterocycles. The van der Waals surface area contributed by atoms with Gasteiger partial charge in [-0.3, -0.25) is 10.1 Å². The van der Waals surface area contributed by atoms with Crippen LogP contribution in [0.5, 0.6) is 0 Å². The van der Waals surface area contributed by atoms with E-state index in [-0.39, 0.29) is 5.91 Å². The lowest BCUT2D eigenvalue weighted by Gasteiger charge is -2.26. The van der Waals surface area contributed by atoms with Crippen molar-refractivity contribution in [1.82, 2.24) is 10.6 Å². The van der Waals surface area contributed by atoms with Crippen LogP contribution in [-0.2, 0) is 16.8 Å². The van der Waals surface area contributed by atoms with Gasteiger partial charge in [0.2, 0.25) is 0 Å². The largest absolute Gasteiger partial charge is 0.322 e. The van der Waals surface area contributed by atoms with Crippen LogP contribution in [0, 0.1) is 0 Å². The van der Waals surface area contributed by atoms with E-state index in [1.54, 1.807) is 0 Å². The van der Waals surface area contributed by atoms with Gasteiger partial charge in [-0.1, -0.05) is 60.7 Å². The highest BCUT2D eigenvalue weighted by Crippen LogP contribution is 2.29. The molecule has 3 rings (SSSR count). The van der Waals surface area contributed by atoms with Crippen LogP contribution < -0.4 is 10.6 Å². The first-order valence-electron chi connectivity index (χ1n) is 6.44. The SMILES string of the molecule is O=C1NC(=O)[C@@](Cc2ccccc2)(c2ccccc2)N1. The van der Waals surface area contributed by atoms with E-state index in [2.05, 4.69) is 10.6 Å². The monoisotopic (exact) mass is 266 g/mol. The maximum Gasteiger partial charge on any atom is 0.322 e. The number of rotatable bonds is 3. The highest BCUT2D eigenvalue weighted by atomic mass is 16.2. The Morgan fingerprint density at radius 1 is 0.850 bits per heavy atom. The summed E-state index contributed by atoms with van der Waals surface area (Å²) in [5, 5.41) is 5.12. The lowest BCUT2D eigenvalue weighted by molar-refractivity contribution is -0.124. The summed E-state index contributed by atoms with van der Waals surface area (Å²) in [5.41, 5.74) is 0.751. The van der Waals surface area contributed by atoms with Gasteiger partial charge in [0.05, 0.1) is 0 Å². The Morgan fingerprint density at radius 3 is 2.00 bits per heavy atom. The first kappa shape index (κ1) is 12.4. The van der Waals surface area contributed by atoms with Crippen LogP contribution >= 0.6 is 0 Å². The summed E-state index contributed by atoms with van der Waals surface area (Å²) in [6.45, 7) is 0. The van der Waals surface area contributed by atoms with Crippen molar-refractivity contribution in [3.05, 3.63) is 71.8 Å². The Morgan fingerprint density at radius 2 is 1.45 bits per heavy atom. The number of carbonyl (C=O) groups excluding carboxylic acids is 2. The molecule has 0 unspecified atom stereocenters. The third kappa shape index (κ3) is 2.05. The van der Waals surface area contributed by atoms with Crippen LogP contribution in [0.1, 0.15) is 11.1 Å². The van der Waals surface area contributed by atoms with Crippen molar-refractivity contribution in [1.29, 1.82) is 0 Å². The van der Waals surface area contributed by atoms with Crippen molar-refractivity contribution >= 4 is 11.9 Å². The molecule has 2 N–H and O–H groups in total. The number of hydrogen-bond acceptors (Lipinski definition) is 2. The summed E-state index contributed by atoms with van der Waals surface area (Å²) in [5.74, 6) is -0.308. The summed E-state index contributed by atoms with van der Waals surface area (Å²) in [6.07, 6.45) is 0.426. The molecule has 2 aromatic rings. The zero-order chi connectivity index (χ0) is 14.0. The number of carbonyl (C=O) groups is 2. The van der Waals surface area contributed by atoms with Crippen LogP contribution in [0.25, 0.3) is 0 Å². The molecule has 4 nitrogen and oxygen atoms in total. The van der Waals surface area contributed by atoms with Gasteiger partial charge >= 0.3 is 6.03 Å². The average molecular weight is 266 g/mol. The molecular weight excluding hydrogens is 252 g/mol. The number of amides is 3. The van der Waals surface area contributed by atoms with Gasteiger partial charge in [-0.25, -0.2) is 4.79 Å². The molecule has 2 aromatic carbocycles. The molecule has 100 valence electrons. The molecule has 3 amide bonds. The second-order valence-corrected chi connectivity index (χ2v) is 4.84. The van der Waals surface area contributed by atoms with E-state index in [4.69, 9.17) is 0 Å². The van der Waals surface area contributed by atoms with Crippen molar-refractivity contribution in [2.75, 3.05) is 0 Å². The van der Waals surface area contributed by atoms with Gasteiger partial charge < -0.3 is 5.32 Å². The summed E-state index contributed by atoms with van der Waals surface area (Å²) in [6, 6.07) is 18.5. The number of imide groups is 1. The van der Waals surface area contributed by atoms with E-state index in [1.165, 1.54) is 0 Å². The van der Waals surface area contributed by atoms with E-state index < -0.39 is 11.6 Å². The Balaban J connectivity index is 2.05.